The predicted molar refractivity (Wildman–Crippen MR) is 221 cm³/mol. The molecular formula is C42H48Cl2N6O5. The highest BCUT2D eigenvalue weighted by atomic mass is 35.5. The number of nitrogens with zero attached hydrogens (tertiary/aromatic N) is 2. The number of carbonyl (C=O) groups is 1. The van der Waals surface area contributed by atoms with E-state index in [0.29, 0.717) is 34.7 Å². The zero-order valence-corrected chi connectivity index (χ0v) is 32.1. The molecule has 1 atom stereocenters. The normalized spacial score (nSPS) is 16.0. The number of hydrogen-bond acceptors (Lipinski definition) is 8. The molecule has 0 bridgehead atoms. The van der Waals surface area contributed by atoms with Crippen molar-refractivity contribution < 1.29 is 19.7 Å². The molecule has 290 valence electrons. The van der Waals surface area contributed by atoms with Gasteiger partial charge < -0.3 is 41.3 Å². The Morgan fingerprint density at radius 2 is 1.73 bits per heavy atom. The number of rotatable bonds is 13. The number of ether oxygens (including phenoxy) is 1. The van der Waals surface area contributed by atoms with E-state index in [1.165, 1.54) is 17.7 Å². The monoisotopic (exact) mass is 786 g/mol. The van der Waals surface area contributed by atoms with Crippen molar-refractivity contribution in [3.05, 3.63) is 124 Å². The van der Waals surface area contributed by atoms with Crippen molar-refractivity contribution in [3.63, 3.8) is 0 Å². The summed E-state index contributed by atoms with van der Waals surface area (Å²) in [5, 5.41) is 25.0. The Bertz CT molecular complexity index is 2300. The quantitative estimate of drug-likeness (QED) is 0.0656. The van der Waals surface area contributed by atoms with Gasteiger partial charge in [0.25, 0.3) is 0 Å². The molecule has 2 heterocycles. The number of hydrogen-bond donors (Lipinski definition) is 6. The minimum absolute atomic E-state index is 0. The third-order valence-electron chi connectivity index (χ3n) is 10.5. The van der Waals surface area contributed by atoms with Gasteiger partial charge in [0.15, 0.2) is 0 Å². The number of primary amides is 1. The van der Waals surface area contributed by atoms with Crippen molar-refractivity contribution in [2.24, 2.45) is 11.5 Å². The molecule has 4 aromatic carbocycles. The number of H-pyrrole nitrogens is 1. The molecule has 11 nitrogen and oxygen atoms in total. The number of phenolic OH excluding ortho intramolecular Hbond substituents is 1. The summed E-state index contributed by atoms with van der Waals surface area (Å²) in [6, 6.07) is 27.1. The van der Waals surface area contributed by atoms with Gasteiger partial charge >= 0.3 is 6.09 Å². The van der Waals surface area contributed by atoms with E-state index in [9.17, 15) is 19.8 Å². The van der Waals surface area contributed by atoms with E-state index < -0.39 is 12.2 Å². The number of aliphatic hydroxyl groups excluding tert-OH is 1. The maximum atomic E-state index is 11.9. The van der Waals surface area contributed by atoms with E-state index in [1.807, 2.05) is 18.5 Å². The van der Waals surface area contributed by atoms with Gasteiger partial charge in [0.2, 0.25) is 5.56 Å². The Kier molecular flexibility index (Phi) is 14.0. The summed E-state index contributed by atoms with van der Waals surface area (Å²) in [4.78, 5) is 31.0. The number of aryl methyl sites for hydroxylation is 2. The number of benzene rings is 4. The van der Waals surface area contributed by atoms with E-state index in [1.54, 1.807) is 12.1 Å². The molecule has 6 aromatic rings. The van der Waals surface area contributed by atoms with Gasteiger partial charge in [-0.05, 0) is 109 Å². The average molecular weight is 788 g/mol. The Morgan fingerprint density at radius 1 is 0.945 bits per heavy atom. The largest absolute Gasteiger partial charge is 0.506 e. The number of aromatic amines is 1. The fraction of sp³-hybridized carbons (Fsp3) is 0.310. The van der Waals surface area contributed by atoms with Crippen molar-refractivity contribution in [3.8, 4) is 22.6 Å². The van der Waals surface area contributed by atoms with Crippen molar-refractivity contribution >= 4 is 52.8 Å². The topological polar surface area (TPSA) is 182 Å². The zero-order chi connectivity index (χ0) is 36.9. The Balaban J connectivity index is 0.00000290. The second kappa shape index (κ2) is 18.6. The van der Waals surface area contributed by atoms with Crippen LogP contribution in [0.15, 0.2) is 96.1 Å². The first-order valence-electron chi connectivity index (χ1n) is 18.4. The van der Waals surface area contributed by atoms with Gasteiger partial charge in [0.05, 0.1) is 29.0 Å². The Labute approximate surface area is 331 Å². The summed E-state index contributed by atoms with van der Waals surface area (Å²) in [7, 11) is 0. The average Bonchev–Trinajstić information content (AvgIpc) is 3.56. The van der Waals surface area contributed by atoms with Gasteiger partial charge in [-0.2, -0.15) is 0 Å². The highest BCUT2D eigenvalue weighted by Crippen LogP contribution is 2.41. The van der Waals surface area contributed by atoms with E-state index in [4.69, 9.17) is 16.2 Å². The number of phenols is 1. The van der Waals surface area contributed by atoms with Crippen molar-refractivity contribution in [1.82, 2.24) is 19.9 Å². The molecule has 0 radical (unpaired) electrons. The fourth-order valence-electron chi connectivity index (χ4n) is 7.69. The molecule has 1 fully saturated rings. The van der Waals surface area contributed by atoms with Gasteiger partial charge in [-0.25, -0.2) is 9.78 Å². The van der Waals surface area contributed by atoms with Crippen LogP contribution in [0.4, 0.5) is 4.79 Å². The summed E-state index contributed by atoms with van der Waals surface area (Å²) >= 11 is 0. The van der Waals surface area contributed by atoms with Crippen molar-refractivity contribution in [1.29, 1.82) is 0 Å². The fourth-order valence-corrected chi connectivity index (χ4v) is 7.69. The molecule has 0 saturated heterocycles. The smallest absolute Gasteiger partial charge is 0.409 e. The van der Waals surface area contributed by atoms with Gasteiger partial charge in [-0.1, -0.05) is 48.5 Å². The molecule has 1 aliphatic carbocycles. The second-order valence-corrected chi connectivity index (χ2v) is 14.1. The molecule has 0 spiro atoms. The number of aromatic nitrogens is 3. The second-order valence-electron chi connectivity index (χ2n) is 14.1. The summed E-state index contributed by atoms with van der Waals surface area (Å²) in [5.41, 5.74) is 19.6. The highest BCUT2D eigenvalue weighted by molar-refractivity contribution is 5.87. The van der Waals surface area contributed by atoms with Crippen LogP contribution in [-0.4, -0.2) is 43.4 Å². The van der Waals surface area contributed by atoms with Gasteiger partial charge in [0.1, 0.15) is 11.5 Å². The number of nitrogens with one attached hydrogen (secondary N) is 2. The van der Waals surface area contributed by atoms with Gasteiger partial charge in [-0.15, -0.1) is 24.8 Å². The van der Waals surface area contributed by atoms with Crippen LogP contribution < -0.4 is 27.1 Å². The van der Waals surface area contributed by atoms with E-state index in [2.05, 4.69) is 68.4 Å². The lowest BCUT2D eigenvalue weighted by atomic mass is 9.79. The zero-order valence-electron chi connectivity index (χ0n) is 30.4. The van der Waals surface area contributed by atoms with E-state index >= 15 is 0 Å². The molecule has 2 aromatic heterocycles. The van der Waals surface area contributed by atoms with Crippen LogP contribution in [0.3, 0.4) is 0 Å². The lowest BCUT2D eigenvalue weighted by Gasteiger charge is -2.28. The van der Waals surface area contributed by atoms with Crippen molar-refractivity contribution in [2.75, 3.05) is 6.54 Å². The van der Waals surface area contributed by atoms with Crippen LogP contribution in [0.1, 0.15) is 72.8 Å². The number of imidazole rings is 1. The molecule has 7 rings (SSSR count). The van der Waals surface area contributed by atoms with Crippen LogP contribution in [0.5, 0.6) is 11.5 Å². The summed E-state index contributed by atoms with van der Waals surface area (Å²) in [6.07, 6.45) is 7.02. The van der Waals surface area contributed by atoms with Gasteiger partial charge in [-0.3, -0.25) is 4.79 Å². The first-order chi connectivity index (χ1) is 25.7. The molecule has 1 aliphatic rings. The molecule has 0 unspecified atom stereocenters. The number of fused-ring (bicyclic) bond motifs is 2. The lowest BCUT2D eigenvalue weighted by Crippen LogP contribution is -2.25. The minimum atomic E-state index is -0.838. The van der Waals surface area contributed by atoms with Crippen LogP contribution >= 0.6 is 24.8 Å². The highest BCUT2D eigenvalue weighted by Gasteiger charge is 2.24. The molecule has 8 N–H and O–H groups in total. The summed E-state index contributed by atoms with van der Waals surface area (Å²) < 4.78 is 7.74. The summed E-state index contributed by atoms with van der Waals surface area (Å²) in [6.45, 7) is 1.63. The first kappa shape index (κ1) is 41.3. The summed E-state index contributed by atoms with van der Waals surface area (Å²) in [5.74, 6) is 0.869. The van der Waals surface area contributed by atoms with Crippen molar-refractivity contribution in [2.45, 2.75) is 76.1 Å². The minimum Gasteiger partial charge on any atom is -0.506 e. The number of amides is 1. The van der Waals surface area contributed by atoms with Crippen LogP contribution in [0.25, 0.3) is 33.1 Å². The molecule has 0 aliphatic heterocycles. The number of carbonyl (C=O) groups excluding carboxylic acids is 1. The number of pyridine rings is 1. The number of nitrogens with two attached hydrogens (primary N) is 2. The predicted octanol–water partition coefficient (Wildman–Crippen LogP) is 7.38. The third-order valence-corrected chi connectivity index (χ3v) is 10.5. The lowest BCUT2D eigenvalue weighted by molar-refractivity contribution is 0.176. The maximum Gasteiger partial charge on any atom is 0.409 e. The van der Waals surface area contributed by atoms with Gasteiger partial charge in [0, 0.05) is 42.7 Å². The van der Waals surface area contributed by atoms with E-state index in [-0.39, 0.29) is 48.7 Å². The number of aromatic hydroxyl groups is 1. The molecule has 1 amide bonds. The number of aliphatic hydroxyl groups is 1. The van der Waals surface area contributed by atoms with Crippen LogP contribution in [-0.2, 0) is 19.5 Å². The maximum absolute atomic E-state index is 11.9. The number of halogens is 2. The molecule has 1 saturated carbocycles. The Morgan fingerprint density at radius 3 is 2.53 bits per heavy atom. The van der Waals surface area contributed by atoms with Crippen LogP contribution in [0.2, 0.25) is 0 Å². The standard InChI is InChI=1S/C42H46N6O5.2ClH/c43-29-12-10-28(11-13-29)30-6-1-2-7-31(30)33-14-8-26(22-39(33)53-42(44)52)5-3-4-20-48-25-46-35-21-27(9-17-36(35)48)23-45-24-38(50)32-15-18-37(49)41-34(32)16-19-40(51)47-41;;/h1-2,6-9,14-19,21-22,25,28-29,38,45,49-50H,3-5,10-13,20,23-24,43H2,(H2,44,52)(H,47,51);2*1H/t28?,29?,38-;;/m0../s1. The third kappa shape index (κ3) is 9.67. The van der Waals surface area contributed by atoms with Crippen LogP contribution in [0, 0.1) is 0 Å². The molecular weight excluding hydrogens is 739 g/mol. The SMILES string of the molecule is Cl.Cl.NC(=O)Oc1cc(CCCCn2cnc3cc(CNC[C@H](O)c4ccc(O)c5[nH]c(=O)ccc45)ccc32)ccc1-c1ccccc1C1CCC(N)CC1. The van der Waals surface area contributed by atoms with E-state index in [0.717, 1.165) is 84.8 Å². The molecule has 55 heavy (non-hydrogen) atoms. The first-order valence-corrected chi connectivity index (χ1v) is 18.4. The number of unbranched alkanes of at least 4 members (excludes halogenated alkanes) is 1. The molecule has 13 heteroatoms. The Hall–Kier alpha value is -4.91.